The van der Waals surface area contributed by atoms with Crippen molar-refractivity contribution in [2.24, 2.45) is 11.8 Å². The van der Waals surface area contributed by atoms with Crippen LogP contribution in [0, 0.1) is 11.8 Å². The molecule has 1 atom stereocenters. The third-order valence-corrected chi connectivity index (χ3v) is 6.31. The van der Waals surface area contributed by atoms with Gasteiger partial charge in [0.05, 0.1) is 0 Å². The van der Waals surface area contributed by atoms with E-state index in [1.165, 1.54) is 47.1 Å². The molecule has 2 aromatic rings. The number of fused-ring (bicyclic) bond motifs is 1. The zero-order chi connectivity index (χ0) is 14.7. The fourth-order valence-electron chi connectivity index (χ4n) is 3.44. The molecule has 0 saturated heterocycles. The molecule has 21 heavy (non-hydrogen) atoms. The molecule has 1 heterocycles. The van der Waals surface area contributed by atoms with Gasteiger partial charge in [0, 0.05) is 15.6 Å². The third kappa shape index (κ3) is 3.87. The van der Waals surface area contributed by atoms with E-state index in [9.17, 15) is 0 Å². The van der Waals surface area contributed by atoms with Crippen molar-refractivity contribution in [1.82, 2.24) is 5.32 Å². The Hall–Kier alpha value is -0.860. The largest absolute Gasteiger partial charge is 0.309 e. The van der Waals surface area contributed by atoms with Crippen molar-refractivity contribution in [1.29, 1.82) is 0 Å². The monoisotopic (exact) mass is 301 g/mol. The van der Waals surface area contributed by atoms with Crippen LogP contribution in [0.4, 0.5) is 0 Å². The maximum atomic E-state index is 3.73. The molecular formula is C19H27NS. The highest BCUT2D eigenvalue weighted by molar-refractivity contribution is 7.19. The average Bonchev–Trinajstić information content (AvgIpc) is 2.93. The van der Waals surface area contributed by atoms with Crippen molar-refractivity contribution >= 4 is 21.4 Å². The van der Waals surface area contributed by atoms with E-state index in [0.29, 0.717) is 6.04 Å². The summed E-state index contributed by atoms with van der Waals surface area (Å²) in [7, 11) is 0. The van der Waals surface area contributed by atoms with Gasteiger partial charge in [-0.2, -0.15) is 0 Å². The van der Waals surface area contributed by atoms with Crippen LogP contribution in [-0.4, -0.2) is 6.54 Å². The van der Waals surface area contributed by atoms with E-state index in [1.807, 2.05) is 11.3 Å². The van der Waals surface area contributed by atoms with Crippen molar-refractivity contribution in [3.8, 4) is 0 Å². The molecule has 1 N–H and O–H groups in total. The van der Waals surface area contributed by atoms with Crippen molar-refractivity contribution < 1.29 is 0 Å². The van der Waals surface area contributed by atoms with Crippen LogP contribution < -0.4 is 5.32 Å². The highest BCUT2D eigenvalue weighted by Gasteiger charge is 2.18. The lowest BCUT2D eigenvalue weighted by molar-refractivity contribution is 0.273. The number of thiophene rings is 1. The van der Waals surface area contributed by atoms with E-state index in [1.54, 1.807) is 0 Å². The molecule has 3 rings (SSSR count). The fourth-order valence-corrected chi connectivity index (χ4v) is 4.53. The van der Waals surface area contributed by atoms with Gasteiger partial charge in [0.2, 0.25) is 0 Å². The van der Waals surface area contributed by atoms with Gasteiger partial charge in [-0.15, -0.1) is 11.3 Å². The Balaban J connectivity index is 1.48. The number of hydrogen-bond donors (Lipinski definition) is 1. The molecule has 1 aromatic heterocycles. The van der Waals surface area contributed by atoms with Crippen LogP contribution in [0.5, 0.6) is 0 Å². The average molecular weight is 301 g/mol. The first-order valence-corrected chi connectivity index (χ1v) is 9.26. The first-order valence-electron chi connectivity index (χ1n) is 8.44. The molecule has 0 radical (unpaired) electrons. The zero-order valence-electron chi connectivity index (χ0n) is 13.3. The molecule has 1 saturated carbocycles. The lowest BCUT2D eigenvalue weighted by atomic mass is 9.81. The maximum absolute atomic E-state index is 3.73. The van der Waals surface area contributed by atoms with Gasteiger partial charge in [0.1, 0.15) is 0 Å². The molecule has 1 nitrogen and oxygen atoms in total. The van der Waals surface area contributed by atoms with E-state index < -0.39 is 0 Å². The Morgan fingerprint density at radius 2 is 1.95 bits per heavy atom. The lowest BCUT2D eigenvalue weighted by Crippen LogP contribution is -2.23. The highest BCUT2D eigenvalue weighted by atomic mass is 32.1. The summed E-state index contributed by atoms with van der Waals surface area (Å²) in [4.78, 5) is 1.47. The van der Waals surface area contributed by atoms with Gasteiger partial charge in [-0.3, -0.25) is 0 Å². The number of hydrogen-bond acceptors (Lipinski definition) is 2. The predicted octanol–water partition coefficient (Wildman–Crippen LogP) is 5.77. The minimum atomic E-state index is 0.477. The van der Waals surface area contributed by atoms with Crippen LogP contribution in [0.25, 0.3) is 10.1 Å². The minimum Gasteiger partial charge on any atom is -0.309 e. The van der Waals surface area contributed by atoms with Crippen LogP contribution in [-0.2, 0) is 0 Å². The van der Waals surface area contributed by atoms with Crippen molar-refractivity contribution in [3.63, 3.8) is 0 Å². The normalized spacial score (nSPS) is 24.3. The molecule has 1 aliphatic rings. The van der Waals surface area contributed by atoms with Crippen LogP contribution in [0.2, 0.25) is 0 Å². The summed E-state index contributed by atoms with van der Waals surface area (Å²) in [5.41, 5.74) is 0. The van der Waals surface area contributed by atoms with Crippen molar-refractivity contribution in [3.05, 3.63) is 35.2 Å². The van der Waals surface area contributed by atoms with E-state index in [0.717, 1.165) is 18.4 Å². The second-order valence-electron chi connectivity index (χ2n) is 6.78. The van der Waals surface area contributed by atoms with Crippen molar-refractivity contribution in [2.45, 2.75) is 52.0 Å². The Labute approximate surface area is 132 Å². The molecule has 1 aliphatic carbocycles. The molecule has 2 heteroatoms. The fraction of sp³-hybridized carbons (Fsp3) is 0.579. The maximum Gasteiger partial charge on any atom is 0.0386 e. The Kier molecular flexibility index (Phi) is 4.97. The van der Waals surface area contributed by atoms with Gasteiger partial charge in [-0.25, -0.2) is 0 Å². The van der Waals surface area contributed by atoms with Gasteiger partial charge < -0.3 is 5.32 Å². The van der Waals surface area contributed by atoms with Crippen LogP contribution in [0.3, 0.4) is 0 Å². The van der Waals surface area contributed by atoms with E-state index in [-0.39, 0.29) is 0 Å². The van der Waals surface area contributed by atoms with Crippen LogP contribution in [0.15, 0.2) is 30.3 Å². The second kappa shape index (κ2) is 6.93. The highest BCUT2D eigenvalue weighted by Crippen LogP contribution is 2.31. The topological polar surface area (TPSA) is 12.0 Å². The summed E-state index contributed by atoms with van der Waals surface area (Å²) in [6.07, 6.45) is 7.12. The van der Waals surface area contributed by atoms with Crippen LogP contribution in [0.1, 0.15) is 56.9 Å². The molecule has 0 aliphatic heterocycles. The number of benzene rings is 1. The second-order valence-corrected chi connectivity index (χ2v) is 7.89. The molecule has 0 amide bonds. The molecule has 0 bridgehead atoms. The van der Waals surface area contributed by atoms with E-state index >= 15 is 0 Å². The molecule has 0 spiro atoms. The third-order valence-electron chi connectivity index (χ3n) is 5.01. The first-order chi connectivity index (χ1) is 10.2. The van der Waals surface area contributed by atoms with Gasteiger partial charge in [0.25, 0.3) is 0 Å². The number of rotatable bonds is 5. The number of nitrogens with one attached hydrogen (secondary N) is 1. The molecule has 1 aromatic carbocycles. The quantitative estimate of drug-likeness (QED) is 0.739. The summed E-state index contributed by atoms with van der Waals surface area (Å²) < 4.78 is 1.41. The standard InChI is InChI=1S/C19H27NS/c1-14-7-9-16(10-8-14)11-12-20-15(2)19-13-17-5-3-4-6-18(17)21-19/h3-6,13-16,20H,7-12H2,1-2H3. The van der Waals surface area contributed by atoms with Gasteiger partial charge in [0.15, 0.2) is 0 Å². The summed E-state index contributed by atoms with van der Waals surface area (Å²) in [5, 5.41) is 5.11. The summed E-state index contributed by atoms with van der Waals surface area (Å²) in [6, 6.07) is 11.5. The minimum absolute atomic E-state index is 0.477. The van der Waals surface area contributed by atoms with E-state index in [4.69, 9.17) is 0 Å². The van der Waals surface area contributed by atoms with Gasteiger partial charge in [-0.1, -0.05) is 50.8 Å². The first kappa shape index (κ1) is 15.1. The Morgan fingerprint density at radius 1 is 1.19 bits per heavy atom. The van der Waals surface area contributed by atoms with Gasteiger partial charge in [-0.05, 0) is 49.2 Å². The summed E-state index contributed by atoms with van der Waals surface area (Å²) >= 11 is 1.93. The molecular weight excluding hydrogens is 274 g/mol. The zero-order valence-corrected chi connectivity index (χ0v) is 14.1. The SMILES string of the molecule is CC1CCC(CCNC(C)c2cc3ccccc3s2)CC1. The predicted molar refractivity (Wildman–Crippen MR) is 94.0 cm³/mol. The molecule has 114 valence electrons. The summed E-state index contributed by atoms with van der Waals surface area (Å²) in [5.74, 6) is 1.93. The smallest absolute Gasteiger partial charge is 0.0386 e. The van der Waals surface area contributed by atoms with E-state index in [2.05, 4.69) is 49.5 Å². The Bertz CT molecular complexity index is 533. The lowest BCUT2D eigenvalue weighted by Gasteiger charge is -2.26. The van der Waals surface area contributed by atoms with Crippen molar-refractivity contribution in [2.75, 3.05) is 6.54 Å². The Morgan fingerprint density at radius 3 is 2.71 bits per heavy atom. The van der Waals surface area contributed by atoms with Gasteiger partial charge >= 0.3 is 0 Å². The molecule has 1 unspecified atom stereocenters. The molecule has 1 fully saturated rings. The summed E-state index contributed by atoms with van der Waals surface area (Å²) in [6.45, 7) is 5.86. The van der Waals surface area contributed by atoms with Crippen LogP contribution >= 0.6 is 11.3 Å².